The van der Waals surface area contributed by atoms with Gasteiger partial charge in [0.15, 0.2) is 0 Å². The van der Waals surface area contributed by atoms with E-state index in [0.717, 1.165) is 50.5 Å². The SMILES string of the molecule is CCCOc1ccc(CNCc2c(C)nn(CCC)c2C)c(C)c1. The summed E-state index contributed by atoms with van der Waals surface area (Å²) in [5, 5.41) is 8.21. The lowest BCUT2D eigenvalue weighted by atomic mass is 10.1. The normalized spacial score (nSPS) is 11.0. The molecule has 0 unspecified atom stereocenters. The van der Waals surface area contributed by atoms with E-state index < -0.39 is 0 Å². The Morgan fingerprint density at radius 1 is 1.08 bits per heavy atom. The van der Waals surface area contributed by atoms with E-state index in [1.165, 1.54) is 22.4 Å². The number of ether oxygens (including phenoxy) is 1. The van der Waals surface area contributed by atoms with Gasteiger partial charge < -0.3 is 10.1 Å². The summed E-state index contributed by atoms with van der Waals surface area (Å²) in [7, 11) is 0. The summed E-state index contributed by atoms with van der Waals surface area (Å²) in [5.41, 5.74) is 6.32. The summed E-state index contributed by atoms with van der Waals surface area (Å²) in [6.45, 7) is 14.2. The smallest absolute Gasteiger partial charge is 0.119 e. The summed E-state index contributed by atoms with van der Waals surface area (Å²) >= 11 is 0. The van der Waals surface area contributed by atoms with E-state index >= 15 is 0 Å². The minimum Gasteiger partial charge on any atom is -0.494 e. The highest BCUT2D eigenvalue weighted by molar-refractivity contribution is 5.35. The first-order valence-electron chi connectivity index (χ1n) is 9.02. The quantitative estimate of drug-likeness (QED) is 0.745. The lowest BCUT2D eigenvalue weighted by Crippen LogP contribution is -2.15. The third-order valence-corrected chi connectivity index (χ3v) is 4.37. The Bertz CT molecular complexity index is 661. The molecule has 0 fully saturated rings. The fourth-order valence-electron chi connectivity index (χ4n) is 2.92. The number of aromatic nitrogens is 2. The summed E-state index contributed by atoms with van der Waals surface area (Å²) in [6, 6.07) is 6.35. The van der Waals surface area contributed by atoms with Crippen LogP contribution in [0.3, 0.4) is 0 Å². The van der Waals surface area contributed by atoms with Crippen molar-refractivity contribution in [1.82, 2.24) is 15.1 Å². The van der Waals surface area contributed by atoms with E-state index in [4.69, 9.17) is 4.74 Å². The number of nitrogens with zero attached hydrogens (tertiary/aromatic N) is 2. The van der Waals surface area contributed by atoms with Crippen LogP contribution in [-0.4, -0.2) is 16.4 Å². The summed E-state index contributed by atoms with van der Waals surface area (Å²) in [6.07, 6.45) is 2.15. The molecule has 0 aliphatic heterocycles. The third kappa shape index (κ3) is 4.60. The Hall–Kier alpha value is -1.81. The van der Waals surface area contributed by atoms with Crippen molar-refractivity contribution < 1.29 is 4.74 Å². The molecule has 24 heavy (non-hydrogen) atoms. The predicted molar refractivity (Wildman–Crippen MR) is 99.5 cm³/mol. The summed E-state index contributed by atoms with van der Waals surface area (Å²) < 4.78 is 7.81. The van der Waals surface area contributed by atoms with E-state index in [2.05, 4.69) is 67.9 Å². The molecule has 0 aliphatic rings. The highest BCUT2D eigenvalue weighted by atomic mass is 16.5. The predicted octanol–water partition coefficient (Wildman–Crippen LogP) is 4.30. The monoisotopic (exact) mass is 329 g/mol. The van der Waals surface area contributed by atoms with Crippen molar-refractivity contribution in [2.75, 3.05) is 6.61 Å². The zero-order valence-electron chi connectivity index (χ0n) is 15.8. The maximum atomic E-state index is 5.69. The Labute approximate surface area is 146 Å². The lowest BCUT2D eigenvalue weighted by Gasteiger charge is -2.11. The Morgan fingerprint density at radius 3 is 2.54 bits per heavy atom. The molecule has 0 spiro atoms. The first kappa shape index (κ1) is 18.5. The molecule has 0 aliphatic carbocycles. The molecule has 0 saturated heterocycles. The molecule has 1 aromatic carbocycles. The van der Waals surface area contributed by atoms with Gasteiger partial charge in [-0.3, -0.25) is 4.68 Å². The topological polar surface area (TPSA) is 39.1 Å². The molecule has 0 atom stereocenters. The van der Waals surface area contributed by atoms with Gasteiger partial charge in [0.05, 0.1) is 12.3 Å². The molecule has 0 bridgehead atoms. The van der Waals surface area contributed by atoms with Crippen molar-refractivity contribution >= 4 is 0 Å². The molecule has 1 heterocycles. The first-order valence-corrected chi connectivity index (χ1v) is 9.02. The van der Waals surface area contributed by atoms with Crippen molar-refractivity contribution in [2.45, 2.75) is 67.1 Å². The zero-order valence-corrected chi connectivity index (χ0v) is 15.8. The number of nitrogens with one attached hydrogen (secondary N) is 1. The van der Waals surface area contributed by atoms with Crippen LogP contribution in [0.5, 0.6) is 5.75 Å². The molecule has 0 radical (unpaired) electrons. The molecule has 0 amide bonds. The highest BCUT2D eigenvalue weighted by Gasteiger charge is 2.10. The van der Waals surface area contributed by atoms with E-state index in [-0.39, 0.29) is 0 Å². The average molecular weight is 329 g/mol. The standard InChI is InChI=1S/C20H31N3O/c1-6-10-23-17(5)20(16(4)22-23)14-21-13-18-8-9-19(12-15(18)3)24-11-7-2/h8-9,12,21H,6-7,10-11,13-14H2,1-5H3. The van der Waals surface area contributed by atoms with Gasteiger partial charge in [-0.15, -0.1) is 0 Å². The van der Waals surface area contributed by atoms with Gasteiger partial charge in [0.1, 0.15) is 5.75 Å². The molecule has 2 rings (SSSR count). The van der Waals surface area contributed by atoms with Crippen LogP contribution in [-0.2, 0) is 19.6 Å². The number of aryl methyl sites for hydroxylation is 3. The number of rotatable bonds is 9. The molecular formula is C20H31N3O. The number of hydrogen-bond donors (Lipinski definition) is 1. The molecule has 2 aromatic rings. The van der Waals surface area contributed by atoms with Gasteiger partial charge in [0, 0.05) is 30.9 Å². The van der Waals surface area contributed by atoms with Crippen LogP contribution in [0.25, 0.3) is 0 Å². The van der Waals surface area contributed by atoms with Gasteiger partial charge >= 0.3 is 0 Å². The van der Waals surface area contributed by atoms with Crippen LogP contribution in [0, 0.1) is 20.8 Å². The summed E-state index contributed by atoms with van der Waals surface area (Å²) in [4.78, 5) is 0. The Balaban J connectivity index is 1.95. The van der Waals surface area contributed by atoms with Gasteiger partial charge in [-0.2, -0.15) is 5.10 Å². The second-order valence-corrected chi connectivity index (χ2v) is 6.41. The van der Waals surface area contributed by atoms with Gasteiger partial charge in [0.2, 0.25) is 0 Å². The van der Waals surface area contributed by atoms with Crippen LogP contribution in [0.2, 0.25) is 0 Å². The van der Waals surface area contributed by atoms with Crippen molar-refractivity contribution in [3.63, 3.8) is 0 Å². The van der Waals surface area contributed by atoms with Gasteiger partial charge in [0.25, 0.3) is 0 Å². The number of hydrogen-bond acceptors (Lipinski definition) is 3. The molecule has 4 heteroatoms. The third-order valence-electron chi connectivity index (χ3n) is 4.37. The van der Waals surface area contributed by atoms with Crippen LogP contribution in [0.15, 0.2) is 18.2 Å². The van der Waals surface area contributed by atoms with Crippen LogP contribution >= 0.6 is 0 Å². The van der Waals surface area contributed by atoms with E-state index in [1.54, 1.807) is 0 Å². The van der Waals surface area contributed by atoms with Gasteiger partial charge in [-0.05, 0) is 56.9 Å². The van der Waals surface area contributed by atoms with E-state index in [9.17, 15) is 0 Å². The van der Waals surface area contributed by atoms with Gasteiger partial charge in [-0.25, -0.2) is 0 Å². The fourth-order valence-corrected chi connectivity index (χ4v) is 2.92. The zero-order chi connectivity index (χ0) is 17.5. The van der Waals surface area contributed by atoms with Crippen molar-refractivity contribution in [3.8, 4) is 5.75 Å². The number of benzene rings is 1. The maximum absolute atomic E-state index is 5.69. The summed E-state index contributed by atoms with van der Waals surface area (Å²) in [5.74, 6) is 0.964. The second-order valence-electron chi connectivity index (χ2n) is 6.41. The Morgan fingerprint density at radius 2 is 1.88 bits per heavy atom. The minimum absolute atomic E-state index is 0.775. The van der Waals surface area contributed by atoms with E-state index in [0.29, 0.717) is 0 Å². The first-order chi connectivity index (χ1) is 11.6. The van der Waals surface area contributed by atoms with Crippen molar-refractivity contribution in [2.24, 2.45) is 0 Å². The fraction of sp³-hybridized carbons (Fsp3) is 0.550. The molecule has 132 valence electrons. The molecular weight excluding hydrogens is 298 g/mol. The van der Waals surface area contributed by atoms with Crippen molar-refractivity contribution in [1.29, 1.82) is 0 Å². The van der Waals surface area contributed by atoms with Crippen LogP contribution in [0.1, 0.15) is 54.8 Å². The largest absolute Gasteiger partial charge is 0.494 e. The maximum Gasteiger partial charge on any atom is 0.119 e. The second kappa shape index (κ2) is 8.88. The van der Waals surface area contributed by atoms with E-state index in [1.807, 2.05) is 0 Å². The van der Waals surface area contributed by atoms with Crippen LogP contribution in [0.4, 0.5) is 0 Å². The van der Waals surface area contributed by atoms with Crippen molar-refractivity contribution in [3.05, 3.63) is 46.3 Å². The molecule has 0 saturated carbocycles. The highest BCUT2D eigenvalue weighted by Crippen LogP contribution is 2.18. The molecule has 1 N–H and O–H groups in total. The minimum atomic E-state index is 0.775. The lowest BCUT2D eigenvalue weighted by molar-refractivity contribution is 0.317. The van der Waals surface area contributed by atoms with Crippen LogP contribution < -0.4 is 10.1 Å². The molecule has 1 aromatic heterocycles. The molecule has 4 nitrogen and oxygen atoms in total. The van der Waals surface area contributed by atoms with Gasteiger partial charge in [-0.1, -0.05) is 19.9 Å². The Kier molecular flexibility index (Phi) is 6.85. The average Bonchev–Trinajstić information content (AvgIpc) is 2.82.